The fourth-order valence-corrected chi connectivity index (χ4v) is 2.68. The Balaban J connectivity index is 1.90. The van der Waals surface area contributed by atoms with Crippen LogP contribution in [0.3, 0.4) is 0 Å². The lowest BCUT2D eigenvalue weighted by molar-refractivity contribution is 0.0576. The van der Waals surface area contributed by atoms with Crippen molar-refractivity contribution in [3.8, 4) is 11.3 Å². The predicted octanol–water partition coefficient (Wildman–Crippen LogP) is 4.14. The quantitative estimate of drug-likeness (QED) is 0.791. The first kappa shape index (κ1) is 16.4. The normalized spacial score (nSPS) is 14.2. The number of amides is 1. The van der Waals surface area contributed by atoms with Crippen molar-refractivity contribution in [1.29, 1.82) is 0 Å². The number of carbonyl (C=O) groups excluding carboxylic acids is 1. The number of carbonyl (C=O) groups is 1. The summed E-state index contributed by atoms with van der Waals surface area (Å²) in [6, 6.07) is 8.20. The van der Waals surface area contributed by atoms with Crippen LogP contribution in [-0.2, 0) is 11.2 Å². The molecule has 1 aliphatic rings. The number of aromatic nitrogens is 2. The van der Waals surface area contributed by atoms with Gasteiger partial charge in [0.05, 0.1) is 17.6 Å². The maximum atomic E-state index is 12.4. The summed E-state index contributed by atoms with van der Waals surface area (Å²) >= 11 is 0. The zero-order chi connectivity index (χ0) is 17.3. The number of aryl methyl sites for hydroxylation is 2. The minimum atomic E-state index is -0.524. The minimum Gasteiger partial charge on any atom is -0.443 e. The summed E-state index contributed by atoms with van der Waals surface area (Å²) < 4.78 is 5.48. The third kappa shape index (κ3) is 3.55. The topological polar surface area (TPSA) is 55.3 Å². The molecule has 0 saturated heterocycles. The Hall–Kier alpha value is -2.43. The fourth-order valence-electron chi connectivity index (χ4n) is 2.68. The summed E-state index contributed by atoms with van der Waals surface area (Å²) in [5.74, 6) is 0.617. The molecule has 1 aromatic carbocycles. The van der Waals surface area contributed by atoms with Crippen molar-refractivity contribution in [2.75, 3.05) is 11.4 Å². The lowest BCUT2D eigenvalue weighted by atomic mass is 10.1. The average Bonchev–Trinajstić information content (AvgIpc) is 2.53. The molecule has 1 aliphatic heterocycles. The first-order chi connectivity index (χ1) is 11.3. The molecule has 1 amide bonds. The number of rotatable bonds is 1. The van der Waals surface area contributed by atoms with E-state index in [1.54, 1.807) is 11.1 Å². The molecule has 0 spiro atoms. The Bertz CT molecular complexity index is 748. The molecule has 0 unspecified atom stereocenters. The molecule has 0 radical (unpaired) electrons. The second-order valence-corrected chi connectivity index (χ2v) is 7.13. The van der Waals surface area contributed by atoms with E-state index in [1.165, 1.54) is 5.56 Å². The molecule has 5 nitrogen and oxygen atoms in total. The van der Waals surface area contributed by atoms with Crippen molar-refractivity contribution < 1.29 is 9.53 Å². The van der Waals surface area contributed by atoms with Crippen LogP contribution in [0.1, 0.15) is 38.4 Å². The number of hydrogen-bond donors (Lipinski definition) is 0. The highest BCUT2D eigenvalue weighted by Gasteiger charge is 2.29. The van der Waals surface area contributed by atoms with Gasteiger partial charge in [-0.05, 0) is 40.5 Å². The van der Waals surface area contributed by atoms with Gasteiger partial charge in [-0.1, -0.05) is 29.8 Å². The molecule has 126 valence electrons. The third-order valence-electron chi connectivity index (χ3n) is 3.83. The van der Waals surface area contributed by atoms with Crippen LogP contribution < -0.4 is 4.90 Å². The summed E-state index contributed by atoms with van der Waals surface area (Å²) in [6.45, 7) is 8.26. The van der Waals surface area contributed by atoms with Gasteiger partial charge in [0.2, 0.25) is 0 Å². The van der Waals surface area contributed by atoms with Crippen LogP contribution in [0.25, 0.3) is 11.3 Å². The third-order valence-corrected chi connectivity index (χ3v) is 3.83. The molecule has 0 N–H and O–H groups in total. The molecule has 2 aromatic rings. The van der Waals surface area contributed by atoms with Crippen LogP contribution in [0, 0.1) is 6.92 Å². The van der Waals surface area contributed by atoms with Crippen molar-refractivity contribution in [2.24, 2.45) is 0 Å². The summed E-state index contributed by atoms with van der Waals surface area (Å²) in [6.07, 6.45) is 3.05. The zero-order valence-electron chi connectivity index (χ0n) is 14.7. The number of benzene rings is 1. The highest BCUT2D eigenvalue weighted by atomic mass is 16.6. The molecule has 24 heavy (non-hydrogen) atoms. The number of nitrogens with zero attached hydrogens (tertiary/aromatic N) is 3. The summed E-state index contributed by atoms with van der Waals surface area (Å²) in [4.78, 5) is 23.2. The Morgan fingerprint density at radius 2 is 1.92 bits per heavy atom. The molecule has 0 bridgehead atoms. The lowest BCUT2D eigenvalue weighted by Gasteiger charge is -2.30. The lowest BCUT2D eigenvalue weighted by Crippen LogP contribution is -2.40. The Morgan fingerprint density at radius 3 is 2.58 bits per heavy atom. The van der Waals surface area contributed by atoms with Crippen LogP contribution in [0.4, 0.5) is 10.6 Å². The highest BCUT2D eigenvalue weighted by Crippen LogP contribution is 2.27. The molecule has 0 aliphatic carbocycles. The molecule has 1 aromatic heterocycles. The first-order valence-corrected chi connectivity index (χ1v) is 8.27. The van der Waals surface area contributed by atoms with Gasteiger partial charge in [0, 0.05) is 12.1 Å². The molecular formula is C19H23N3O2. The van der Waals surface area contributed by atoms with Gasteiger partial charge in [-0.2, -0.15) is 0 Å². The first-order valence-electron chi connectivity index (χ1n) is 8.27. The van der Waals surface area contributed by atoms with E-state index in [2.05, 4.69) is 24.0 Å². The van der Waals surface area contributed by atoms with Gasteiger partial charge in [-0.15, -0.1) is 0 Å². The summed E-state index contributed by atoms with van der Waals surface area (Å²) in [5.41, 5.74) is 3.40. The smallest absolute Gasteiger partial charge is 0.416 e. The van der Waals surface area contributed by atoms with E-state index in [1.807, 2.05) is 32.9 Å². The maximum absolute atomic E-state index is 12.4. The van der Waals surface area contributed by atoms with Gasteiger partial charge in [0.25, 0.3) is 0 Å². The molecule has 2 heterocycles. The molecule has 0 atom stereocenters. The molecule has 0 saturated carbocycles. The van der Waals surface area contributed by atoms with Gasteiger partial charge < -0.3 is 4.74 Å². The zero-order valence-corrected chi connectivity index (χ0v) is 14.7. The van der Waals surface area contributed by atoms with E-state index in [4.69, 9.17) is 9.72 Å². The monoisotopic (exact) mass is 325 g/mol. The van der Waals surface area contributed by atoms with Crippen molar-refractivity contribution in [1.82, 2.24) is 9.97 Å². The molecule has 0 fully saturated rings. The summed E-state index contributed by atoms with van der Waals surface area (Å²) in [7, 11) is 0. The van der Waals surface area contributed by atoms with Crippen LogP contribution in [0.2, 0.25) is 0 Å². The van der Waals surface area contributed by atoms with Crippen molar-refractivity contribution in [3.05, 3.63) is 41.7 Å². The van der Waals surface area contributed by atoms with Gasteiger partial charge in [-0.25, -0.2) is 14.8 Å². The second kappa shape index (κ2) is 6.23. The fraction of sp³-hybridized carbons (Fsp3) is 0.421. The molecule has 5 heteroatoms. The average molecular weight is 325 g/mol. The predicted molar refractivity (Wildman–Crippen MR) is 94.1 cm³/mol. The minimum absolute atomic E-state index is 0.360. The number of hydrogen-bond acceptors (Lipinski definition) is 4. The van der Waals surface area contributed by atoms with Crippen molar-refractivity contribution in [3.63, 3.8) is 0 Å². The SMILES string of the molecule is Cc1ccc(-c2cnc3c(n2)CCCN3C(=O)OC(C)(C)C)cc1. The van der Waals surface area contributed by atoms with Gasteiger partial charge in [0.1, 0.15) is 5.60 Å². The van der Waals surface area contributed by atoms with E-state index in [0.29, 0.717) is 12.4 Å². The Morgan fingerprint density at radius 1 is 1.21 bits per heavy atom. The van der Waals surface area contributed by atoms with Crippen LogP contribution >= 0.6 is 0 Å². The van der Waals surface area contributed by atoms with E-state index in [-0.39, 0.29) is 6.09 Å². The Labute approximate surface area is 142 Å². The van der Waals surface area contributed by atoms with E-state index >= 15 is 0 Å². The van der Waals surface area contributed by atoms with Crippen LogP contribution in [-0.4, -0.2) is 28.2 Å². The number of anilines is 1. The van der Waals surface area contributed by atoms with Crippen molar-refractivity contribution >= 4 is 11.9 Å². The number of fused-ring (bicyclic) bond motifs is 1. The van der Waals surface area contributed by atoms with Crippen LogP contribution in [0.5, 0.6) is 0 Å². The van der Waals surface area contributed by atoms with Crippen molar-refractivity contribution in [2.45, 2.75) is 46.1 Å². The molecule has 3 rings (SSSR count). The van der Waals surface area contributed by atoms with Gasteiger partial charge in [0.15, 0.2) is 5.82 Å². The second-order valence-electron chi connectivity index (χ2n) is 7.13. The van der Waals surface area contributed by atoms with E-state index < -0.39 is 5.60 Å². The van der Waals surface area contributed by atoms with Gasteiger partial charge >= 0.3 is 6.09 Å². The Kier molecular flexibility index (Phi) is 4.26. The standard InChI is InChI=1S/C19H23N3O2/c1-13-7-9-14(10-8-13)16-12-20-17-15(21-16)6-5-11-22(17)18(23)24-19(2,3)4/h7-10,12H,5-6,11H2,1-4H3. The highest BCUT2D eigenvalue weighted by molar-refractivity contribution is 5.88. The summed E-state index contributed by atoms with van der Waals surface area (Å²) in [5, 5.41) is 0. The largest absolute Gasteiger partial charge is 0.443 e. The van der Waals surface area contributed by atoms with Crippen LogP contribution in [0.15, 0.2) is 30.5 Å². The molecular weight excluding hydrogens is 302 g/mol. The van der Waals surface area contributed by atoms with E-state index in [9.17, 15) is 4.79 Å². The number of ether oxygens (including phenoxy) is 1. The maximum Gasteiger partial charge on any atom is 0.416 e. The van der Waals surface area contributed by atoms with E-state index in [0.717, 1.165) is 29.8 Å². The van der Waals surface area contributed by atoms with Gasteiger partial charge in [-0.3, -0.25) is 4.90 Å².